The summed E-state index contributed by atoms with van der Waals surface area (Å²) < 4.78 is 9.45. The largest absolute Gasteiger partial charge is 0.493 e. The molecule has 38 heavy (non-hydrogen) atoms. The van der Waals surface area contributed by atoms with Gasteiger partial charge in [-0.3, -0.25) is 9.48 Å². The lowest BCUT2D eigenvalue weighted by molar-refractivity contribution is 0.0375. The number of hydrogen-bond donors (Lipinski definition) is 1. The van der Waals surface area contributed by atoms with Gasteiger partial charge in [0, 0.05) is 61.2 Å². The second-order valence-electron chi connectivity index (χ2n) is 9.45. The molecule has 0 unspecified atom stereocenters. The maximum Gasteiger partial charge on any atom is 0.276 e. The number of likely N-dealkylation sites (tertiary alicyclic amines) is 1. The van der Waals surface area contributed by atoms with Gasteiger partial charge in [0.25, 0.3) is 5.91 Å². The van der Waals surface area contributed by atoms with E-state index in [2.05, 4.69) is 44.3 Å². The highest BCUT2D eigenvalue weighted by atomic mass is 32.2. The van der Waals surface area contributed by atoms with Gasteiger partial charge in [-0.2, -0.15) is 5.10 Å². The molecule has 0 saturated carbocycles. The average molecular weight is 551 g/mol. The Morgan fingerprint density at radius 2 is 1.89 bits per heavy atom. The molecule has 1 saturated heterocycles. The molecular weight excluding hydrogens is 520 g/mol. The van der Waals surface area contributed by atoms with Crippen molar-refractivity contribution >= 4 is 35.2 Å². The van der Waals surface area contributed by atoms with Crippen LogP contribution in [0.4, 0.5) is 5.82 Å². The van der Waals surface area contributed by atoms with Crippen LogP contribution in [0.3, 0.4) is 0 Å². The molecule has 1 aromatic carbocycles. The predicted molar refractivity (Wildman–Crippen MR) is 147 cm³/mol. The number of amides is 1. The van der Waals surface area contributed by atoms with Gasteiger partial charge in [0.2, 0.25) is 0 Å². The lowest BCUT2D eigenvalue weighted by atomic mass is 9.99. The van der Waals surface area contributed by atoms with E-state index in [4.69, 9.17) is 4.74 Å². The summed E-state index contributed by atoms with van der Waals surface area (Å²) in [4.78, 5) is 22.1. The molecule has 1 aliphatic rings. The van der Waals surface area contributed by atoms with Crippen molar-refractivity contribution in [3.05, 3.63) is 60.7 Å². The van der Waals surface area contributed by atoms with Crippen LogP contribution >= 0.6 is 23.5 Å². The predicted octanol–water partition coefficient (Wildman–Crippen LogP) is 4.22. The zero-order valence-electron chi connectivity index (χ0n) is 21.7. The Hall–Kier alpha value is -3.35. The van der Waals surface area contributed by atoms with Crippen molar-refractivity contribution in [2.24, 2.45) is 20.0 Å². The van der Waals surface area contributed by atoms with Crippen LogP contribution in [-0.2, 0) is 14.1 Å². The second kappa shape index (κ2) is 11.6. The number of aryl methyl sites for hydroxylation is 2. The van der Waals surface area contributed by atoms with Crippen LogP contribution < -0.4 is 10.1 Å². The summed E-state index contributed by atoms with van der Waals surface area (Å²) in [5.41, 5.74) is 0.313. The van der Waals surface area contributed by atoms with E-state index in [0.29, 0.717) is 33.7 Å². The fourth-order valence-corrected chi connectivity index (χ4v) is 5.56. The van der Waals surface area contributed by atoms with Gasteiger partial charge in [0.1, 0.15) is 22.8 Å². The van der Waals surface area contributed by atoms with E-state index in [0.717, 1.165) is 35.2 Å². The Bertz CT molecular complexity index is 1400. The smallest absolute Gasteiger partial charge is 0.276 e. The highest BCUT2D eigenvalue weighted by molar-refractivity contribution is 7.99. The SMILES string of the molecule is CC(C)N1CC(COc2ccc(Sc3ccc(Sc4nncn4C)nc3C(=O)Nc3ccn(C)n3)cc2)C1. The molecule has 10 nitrogen and oxygen atoms in total. The molecule has 1 amide bonds. The van der Waals surface area contributed by atoms with E-state index in [9.17, 15) is 4.79 Å². The lowest BCUT2D eigenvalue weighted by Crippen LogP contribution is -2.52. The Morgan fingerprint density at radius 1 is 1.11 bits per heavy atom. The zero-order valence-corrected chi connectivity index (χ0v) is 23.4. The molecule has 3 aromatic heterocycles. The first-order valence-electron chi connectivity index (χ1n) is 12.3. The first-order valence-corrected chi connectivity index (χ1v) is 14.0. The van der Waals surface area contributed by atoms with Gasteiger partial charge in [0.05, 0.1) is 6.61 Å². The van der Waals surface area contributed by atoms with E-state index >= 15 is 0 Å². The van der Waals surface area contributed by atoms with Crippen LogP contribution in [0, 0.1) is 5.92 Å². The Kier molecular flexibility index (Phi) is 8.01. The summed E-state index contributed by atoms with van der Waals surface area (Å²) in [7, 11) is 3.66. The maximum absolute atomic E-state index is 13.3. The molecule has 1 N–H and O–H groups in total. The third kappa shape index (κ3) is 6.37. The Morgan fingerprint density at radius 3 is 2.55 bits per heavy atom. The van der Waals surface area contributed by atoms with Gasteiger partial charge < -0.3 is 19.5 Å². The highest BCUT2D eigenvalue weighted by Gasteiger charge is 2.28. The van der Waals surface area contributed by atoms with Gasteiger partial charge >= 0.3 is 0 Å². The van der Waals surface area contributed by atoms with Crippen molar-refractivity contribution in [1.82, 2.24) is 34.4 Å². The van der Waals surface area contributed by atoms with Gasteiger partial charge in [-0.15, -0.1) is 10.2 Å². The van der Waals surface area contributed by atoms with Crippen molar-refractivity contribution in [1.29, 1.82) is 0 Å². The quantitative estimate of drug-likeness (QED) is 0.311. The van der Waals surface area contributed by atoms with E-state index in [-0.39, 0.29) is 5.91 Å². The minimum atomic E-state index is -0.331. The molecule has 1 fully saturated rings. The molecule has 0 atom stereocenters. The van der Waals surface area contributed by atoms with Gasteiger partial charge in [-0.25, -0.2) is 4.98 Å². The monoisotopic (exact) mass is 550 g/mol. The number of ether oxygens (including phenoxy) is 1. The number of carbonyl (C=O) groups is 1. The molecule has 0 radical (unpaired) electrons. The standard InChI is InChI=1S/C26H30N8O2S2/c1-17(2)34-13-18(14-34)15-36-19-5-7-20(8-6-19)37-21-9-10-23(38-26-30-27-16-32(26)3)29-24(21)25(35)28-22-11-12-33(4)31-22/h5-12,16-18H,13-15H2,1-4H3,(H,28,31,35). The van der Waals surface area contributed by atoms with Crippen LogP contribution in [-0.4, -0.2) is 66.1 Å². The lowest BCUT2D eigenvalue weighted by Gasteiger charge is -2.41. The fourth-order valence-electron chi connectivity index (χ4n) is 3.93. The summed E-state index contributed by atoms with van der Waals surface area (Å²) in [6.07, 6.45) is 3.40. The van der Waals surface area contributed by atoms with Crippen molar-refractivity contribution < 1.29 is 9.53 Å². The first kappa shape index (κ1) is 26.3. The fraction of sp³-hybridized carbons (Fsp3) is 0.346. The first-order chi connectivity index (χ1) is 18.3. The molecule has 5 rings (SSSR count). The number of rotatable bonds is 10. The van der Waals surface area contributed by atoms with E-state index in [1.54, 1.807) is 34.9 Å². The minimum absolute atomic E-state index is 0.313. The van der Waals surface area contributed by atoms with Crippen LogP contribution in [0.15, 0.2) is 75.0 Å². The molecule has 0 bridgehead atoms. The molecule has 0 spiro atoms. The van der Waals surface area contributed by atoms with E-state index in [1.807, 2.05) is 43.4 Å². The van der Waals surface area contributed by atoms with Gasteiger partial charge in [0.15, 0.2) is 11.0 Å². The molecule has 198 valence electrons. The highest BCUT2D eigenvalue weighted by Crippen LogP contribution is 2.34. The normalized spacial score (nSPS) is 14.0. The number of aromatic nitrogens is 6. The molecule has 4 aromatic rings. The van der Waals surface area contributed by atoms with Crippen molar-refractivity contribution in [3.8, 4) is 5.75 Å². The van der Waals surface area contributed by atoms with E-state index < -0.39 is 0 Å². The van der Waals surface area contributed by atoms with Crippen molar-refractivity contribution in [2.75, 3.05) is 25.0 Å². The average Bonchev–Trinajstić information content (AvgIpc) is 3.46. The summed E-state index contributed by atoms with van der Waals surface area (Å²) in [6.45, 7) is 7.35. The van der Waals surface area contributed by atoms with Gasteiger partial charge in [-0.1, -0.05) is 11.8 Å². The topological polar surface area (TPSA) is 103 Å². The third-order valence-corrected chi connectivity index (χ3v) is 8.17. The van der Waals surface area contributed by atoms with Crippen LogP contribution in [0.2, 0.25) is 0 Å². The minimum Gasteiger partial charge on any atom is -0.493 e. The molecular formula is C26H30N8O2S2. The van der Waals surface area contributed by atoms with Gasteiger partial charge in [-0.05, 0) is 62.0 Å². The summed E-state index contributed by atoms with van der Waals surface area (Å²) in [6, 6.07) is 14.1. The number of benzene rings is 1. The molecule has 12 heteroatoms. The summed E-state index contributed by atoms with van der Waals surface area (Å²) in [5, 5.41) is 16.4. The number of pyridine rings is 1. The van der Waals surface area contributed by atoms with Crippen LogP contribution in [0.1, 0.15) is 24.3 Å². The molecule has 4 heterocycles. The number of nitrogens with one attached hydrogen (secondary N) is 1. The van der Waals surface area contributed by atoms with Crippen molar-refractivity contribution in [3.63, 3.8) is 0 Å². The summed E-state index contributed by atoms with van der Waals surface area (Å²) in [5.74, 6) is 1.56. The Balaban J connectivity index is 1.29. The molecule has 0 aliphatic carbocycles. The summed E-state index contributed by atoms with van der Waals surface area (Å²) >= 11 is 2.82. The maximum atomic E-state index is 13.3. The second-order valence-corrected chi connectivity index (χ2v) is 11.6. The number of anilines is 1. The number of carbonyl (C=O) groups excluding carboxylic acids is 1. The van der Waals surface area contributed by atoms with Crippen molar-refractivity contribution in [2.45, 2.75) is 39.9 Å². The third-order valence-electron chi connectivity index (χ3n) is 6.12. The van der Waals surface area contributed by atoms with Crippen LogP contribution in [0.25, 0.3) is 0 Å². The number of hydrogen-bond acceptors (Lipinski definition) is 9. The zero-order chi connectivity index (χ0) is 26.6. The Labute approximate surface area is 230 Å². The van der Waals surface area contributed by atoms with Crippen LogP contribution in [0.5, 0.6) is 5.75 Å². The number of nitrogens with zero attached hydrogens (tertiary/aromatic N) is 7. The molecule has 1 aliphatic heterocycles. The van der Waals surface area contributed by atoms with E-state index in [1.165, 1.54) is 23.5 Å².